The lowest BCUT2D eigenvalue weighted by molar-refractivity contribution is 1.65. The number of hydrogen-bond acceptors (Lipinski definition) is 0. The van der Waals surface area contributed by atoms with Crippen molar-refractivity contribution in [2.45, 2.75) is 0 Å². The van der Waals surface area contributed by atoms with Gasteiger partial charge in [-0.3, -0.25) is 0 Å². The second-order valence-electron chi connectivity index (χ2n) is 7.53. The van der Waals surface area contributed by atoms with Crippen molar-refractivity contribution in [2.24, 2.45) is 0 Å². The first-order chi connectivity index (χ1) is 13.8. The number of hydrogen-bond donors (Lipinski definition) is 0. The van der Waals surface area contributed by atoms with Crippen LogP contribution in [0.25, 0.3) is 54.2 Å². The van der Waals surface area contributed by atoms with Crippen molar-refractivity contribution >= 4 is 43.1 Å². The fourth-order valence-electron chi connectivity index (χ4n) is 4.25. The standard InChI is InChI=1S/C28H18/c1-2-6-19(7-3-1)22-10-11-23-15-27-17-25-12-20-8-4-5-9-21(20)13-26(25)18-28(27)16-24(23)14-22/h1-18H. The van der Waals surface area contributed by atoms with Crippen LogP contribution in [-0.2, 0) is 0 Å². The van der Waals surface area contributed by atoms with Gasteiger partial charge in [-0.25, -0.2) is 0 Å². The van der Waals surface area contributed by atoms with Crippen molar-refractivity contribution in [3.8, 4) is 11.1 Å². The van der Waals surface area contributed by atoms with Crippen molar-refractivity contribution in [2.75, 3.05) is 0 Å². The molecule has 0 N–H and O–H groups in total. The SMILES string of the molecule is c1ccc(-c2ccc3cc4cc5cc6ccccc6cc5cc4cc3c2)cc1. The average Bonchev–Trinajstić information content (AvgIpc) is 2.75. The molecule has 0 aliphatic carbocycles. The Labute approximate surface area is 163 Å². The van der Waals surface area contributed by atoms with E-state index in [1.807, 2.05) is 0 Å². The highest BCUT2D eigenvalue weighted by Gasteiger charge is 2.05. The predicted octanol–water partition coefficient (Wildman–Crippen LogP) is 7.97. The Morgan fingerprint density at radius 1 is 0.250 bits per heavy atom. The van der Waals surface area contributed by atoms with Crippen molar-refractivity contribution in [1.29, 1.82) is 0 Å². The largest absolute Gasteiger partial charge is 0.0622 e. The molecule has 0 unspecified atom stereocenters. The van der Waals surface area contributed by atoms with E-state index in [9.17, 15) is 0 Å². The van der Waals surface area contributed by atoms with Gasteiger partial charge in [-0.1, -0.05) is 66.7 Å². The minimum absolute atomic E-state index is 1.26. The number of fused-ring (bicyclic) bond motifs is 4. The Balaban J connectivity index is 1.60. The summed E-state index contributed by atoms with van der Waals surface area (Å²) < 4.78 is 0. The first-order valence-electron chi connectivity index (χ1n) is 9.69. The van der Waals surface area contributed by atoms with E-state index in [4.69, 9.17) is 0 Å². The molecule has 0 amide bonds. The zero-order chi connectivity index (χ0) is 18.5. The van der Waals surface area contributed by atoms with Gasteiger partial charge in [0.05, 0.1) is 0 Å². The zero-order valence-corrected chi connectivity index (χ0v) is 15.4. The summed E-state index contributed by atoms with van der Waals surface area (Å²) in [6, 6.07) is 39.8. The highest BCUT2D eigenvalue weighted by Crippen LogP contribution is 2.32. The highest BCUT2D eigenvalue weighted by atomic mass is 14.1. The smallest absolute Gasteiger partial charge is 0.0171 e. The molecule has 0 heteroatoms. The van der Waals surface area contributed by atoms with Crippen molar-refractivity contribution in [3.05, 3.63) is 109 Å². The van der Waals surface area contributed by atoms with Crippen LogP contribution < -0.4 is 0 Å². The highest BCUT2D eigenvalue weighted by molar-refractivity contribution is 6.08. The molecule has 0 heterocycles. The van der Waals surface area contributed by atoms with Gasteiger partial charge in [0, 0.05) is 0 Å². The van der Waals surface area contributed by atoms with Gasteiger partial charge in [0.25, 0.3) is 0 Å². The van der Waals surface area contributed by atoms with E-state index in [1.165, 1.54) is 54.2 Å². The minimum atomic E-state index is 1.26. The Morgan fingerprint density at radius 3 is 1.25 bits per heavy atom. The molecular weight excluding hydrogens is 336 g/mol. The molecule has 0 fully saturated rings. The van der Waals surface area contributed by atoms with Crippen molar-refractivity contribution in [3.63, 3.8) is 0 Å². The predicted molar refractivity (Wildman–Crippen MR) is 122 cm³/mol. The van der Waals surface area contributed by atoms with E-state index >= 15 is 0 Å². The summed E-state index contributed by atoms with van der Waals surface area (Å²) in [5.41, 5.74) is 2.52. The Hall–Kier alpha value is -3.64. The third kappa shape index (κ3) is 2.46. The van der Waals surface area contributed by atoms with Crippen LogP contribution in [0.5, 0.6) is 0 Å². The molecule has 0 saturated heterocycles. The lowest BCUT2D eigenvalue weighted by Crippen LogP contribution is -1.82. The van der Waals surface area contributed by atoms with Crippen LogP contribution in [-0.4, -0.2) is 0 Å². The van der Waals surface area contributed by atoms with Gasteiger partial charge in [-0.15, -0.1) is 0 Å². The number of benzene rings is 6. The number of rotatable bonds is 1. The summed E-state index contributed by atoms with van der Waals surface area (Å²) in [7, 11) is 0. The monoisotopic (exact) mass is 354 g/mol. The lowest BCUT2D eigenvalue weighted by atomic mass is 9.96. The maximum Gasteiger partial charge on any atom is -0.0171 e. The molecule has 6 aromatic carbocycles. The zero-order valence-electron chi connectivity index (χ0n) is 15.4. The van der Waals surface area contributed by atoms with Gasteiger partial charge in [-0.05, 0) is 96.7 Å². The third-order valence-electron chi connectivity index (χ3n) is 5.72. The summed E-state index contributed by atoms with van der Waals surface area (Å²) >= 11 is 0. The van der Waals surface area contributed by atoms with Crippen LogP contribution in [0.15, 0.2) is 109 Å². The molecule has 0 spiro atoms. The van der Waals surface area contributed by atoms with Gasteiger partial charge >= 0.3 is 0 Å². The topological polar surface area (TPSA) is 0 Å². The van der Waals surface area contributed by atoms with Crippen LogP contribution in [0.2, 0.25) is 0 Å². The normalized spacial score (nSPS) is 11.6. The fraction of sp³-hybridized carbons (Fsp3) is 0. The fourth-order valence-corrected chi connectivity index (χ4v) is 4.25. The molecule has 0 atom stereocenters. The first-order valence-corrected chi connectivity index (χ1v) is 9.69. The van der Waals surface area contributed by atoms with Crippen LogP contribution in [0.1, 0.15) is 0 Å². The van der Waals surface area contributed by atoms with Crippen LogP contribution >= 0.6 is 0 Å². The Kier molecular flexibility index (Phi) is 3.27. The van der Waals surface area contributed by atoms with Crippen molar-refractivity contribution in [1.82, 2.24) is 0 Å². The van der Waals surface area contributed by atoms with E-state index in [0.29, 0.717) is 0 Å². The van der Waals surface area contributed by atoms with Gasteiger partial charge in [0.15, 0.2) is 0 Å². The third-order valence-corrected chi connectivity index (χ3v) is 5.72. The average molecular weight is 354 g/mol. The van der Waals surface area contributed by atoms with Gasteiger partial charge in [0.1, 0.15) is 0 Å². The van der Waals surface area contributed by atoms with Gasteiger partial charge in [-0.2, -0.15) is 0 Å². The summed E-state index contributed by atoms with van der Waals surface area (Å²) in [5, 5.41) is 10.3. The summed E-state index contributed by atoms with van der Waals surface area (Å²) in [4.78, 5) is 0. The van der Waals surface area contributed by atoms with Crippen LogP contribution in [0.4, 0.5) is 0 Å². The summed E-state index contributed by atoms with van der Waals surface area (Å²) in [6.07, 6.45) is 0. The Morgan fingerprint density at radius 2 is 0.679 bits per heavy atom. The van der Waals surface area contributed by atoms with Crippen molar-refractivity contribution < 1.29 is 0 Å². The molecule has 6 aromatic rings. The van der Waals surface area contributed by atoms with E-state index in [2.05, 4.69) is 109 Å². The second kappa shape index (κ2) is 5.94. The summed E-state index contributed by atoms with van der Waals surface area (Å²) in [6.45, 7) is 0. The maximum absolute atomic E-state index is 2.33. The quantitative estimate of drug-likeness (QED) is 0.263. The molecule has 0 radical (unpaired) electrons. The van der Waals surface area contributed by atoms with E-state index in [0.717, 1.165) is 0 Å². The molecule has 28 heavy (non-hydrogen) atoms. The van der Waals surface area contributed by atoms with E-state index < -0.39 is 0 Å². The molecule has 0 nitrogen and oxygen atoms in total. The molecular formula is C28H18. The lowest BCUT2D eigenvalue weighted by Gasteiger charge is -2.08. The molecule has 0 saturated carbocycles. The molecule has 0 bridgehead atoms. The van der Waals surface area contributed by atoms with Gasteiger partial charge < -0.3 is 0 Å². The summed E-state index contributed by atoms with van der Waals surface area (Å²) in [5.74, 6) is 0. The minimum Gasteiger partial charge on any atom is -0.0622 e. The first kappa shape index (κ1) is 15.4. The van der Waals surface area contributed by atoms with Crippen LogP contribution in [0, 0.1) is 0 Å². The molecule has 0 aliphatic rings. The molecule has 6 rings (SSSR count). The molecule has 0 aliphatic heterocycles. The second-order valence-corrected chi connectivity index (χ2v) is 7.53. The van der Waals surface area contributed by atoms with Crippen LogP contribution in [0.3, 0.4) is 0 Å². The van der Waals surface area contributed by atoms with E-state index in [-0.39, 0.29) is 0 Å². The molecule has 0 aromatic heterocycles. The maximum atomic E-state index is 2.33. The van der Waals surface area contributed by atoms with E-state index in [1.54, 1.807) is 0 Å². The van der Waals surface area contributed by atoms with Gasteiger partial charge in [0.2, 0.25) is 0 Å². The molecule has 130 valence electrons. The Bertz CT molecular complexity index is 1490.